The van der Waals surface area contributed by atoms with Gasteiger partial charge >= 0.3 is 0 Å². The summed E-state index contributed by atoms with van der Waals surface area (Å²) in [5, 5.41) is 0. The Morgan fingerprint density at radius 3 is 1.42 bits per heavy atom. The summed E-state index contributed by atoms with van der Waals surface area (Å²) in [6.45, 7) is 8.43. The average molecular weight is 406 g/mol. The van der Waals surface area contributed by atoms with Crippen LogP contribution in [-0.2, 0) is 0 Å². The predicted octanol–water partition coefficient (Wildman–Crippen LogP) is 8.01. The van der Waals surface area contributed by atoms with Crippen LogP contribution in [0.2, 0.25) is 0 Å². The molecular weight excluding hydrogens is 378 g/mol. The van der Waals surface area contributed by atoms with Crippen molar-refractivity contribution in [2.45, 2.75) is 13.8 Å². The molecule has 0 aromatic heterocycles. The van der Waals surface area contributed by atoms with E-state index in [1.165, 1.54) is 16.7 Å². The van der Waals surface area contributed by atoms with Crippen molar-refractivity contribution in [3.63, 3.8) is 0 Å². The Morgan fingerprint density at radius 2 is 1.00 bits per heavy atom. The van der Waals surface area contributed by atoms with Crippen LogP contribution in [0.15, 0.2) is 110 Å². The molecule has 0 amide bonds. The van der Waals surface area contributed by atoms with Crippen molar-refractivity contribution in [3.05, 3.63) is 121 Å². The fourth-order valence-corrected chi connectivity index (χ4v) is 3.54. The molecule has 0 aliphatic heterocycles. The Hall–Kier alpha value is -3.78. The van der Waals surface area contributed by atoms with Gasteiger partial charge in [-0.15, -0.1) is 0 Å². The van der Waals surface area contributed by atoms with E-state index < -0.39 is 0 Å². The Morgan fingerprint density at radius 1 is 0.613 bits per heavy atom. The van der Waals surface area contributed by atoms with Crippen LogP contribution in [0, 0.1) is 13.8 Å². The topological polar surface area (TPSA) is 12.5 Å². The lowest BCUT2D eigenvalue weighted by atomic mass is 10.0. The molecule has 0 saturated carbocycles. The van der Waals surface area contributed by atoms with Gasteiger partial charge in [-0.2, -0.15) is 0 Å². The quantitative estimate of drug-likeness (QED) is 0.289. The molecule has 0 spiro atoms. The number of anilines is 3. The molecule has 0 atom stereocenters. The zero-order valence-corrected chi connectivity index (χ0v) is 18.1. The van der Waals surface area contributed by atoms with Gasteiger partial charge in [0.25, 0.3) is 0 Å². The minimum Gasteiger partial charge on any atom is -0.490 e. The van der Waals surface area contributed by atoms with Gasteiger partial charge in [0.05, 0.1) is 0 Å². The average Bonchev–Trinajstić information content (AvgIpc) is 2.81. The number of rotatable bonds is 7. The molecule has 0 N–H and O–H groups in total. The van der Waals surface area contributed by atoms with Gasteiger partial charge in [0.1, 0.15) is 12.4 Å². The third-order valence-corrected chi connectivity index (χ3v) is 5.27. The number of nitrogens with zero attached hydrogens (tertiary/aromatic N) is 1. The summed E-state index contributed by atoms with van der Waals surface area (Å²) in [6, 6.07) is 34.2. The highest BCUT2D eigenvalue weighted by Gasteiger charge is 2.12. The molecule has 0 aliphatic carbocycles. The third kappa shape index (κ3) is 4.87. The van der Waals surface area contributed by atoms with Crippen LogP contribution in [0.1, 0.15) is 11.1 Å². The lowest BCUT2D eigenvalue weighted by Gasteiger charge is -2.26. The first-order valence-electron chi connectivity index (χ1n) is 10.5. The van der Waals surface area contributed by atoms with Crippen LogP contribution in [0.3, 0.4) is 0 Å². The van der Waals surface area contributed by atoms with Crippen molar-refractivity contribution in [2.24, 2.45) is 0 Å². The Bertz CT molecular complexity index is 1080. The molecule has 0 bridgehead atoms. The maximum Gasteiger partial charge on any atom is 0.119 e. The second kappa shape index (κ2) is 9.36. The minimum atomic E-state index is 0.516. The molecule has 0 unspecified atom stereocenters. The van der Waals surface area contributed by atoms with Crippen molar-refractivity contribution in [3.8, 4) is 16.9 Å². The van der Waals surface area contributed by atoms with Crippen LogP contribution < -0.4 is 9.64 Å². The predicted molar refractivity (Wildman–Crippen MR) is 132 cm³/mol. The smallest absolute Gasteiger partial charge is 0.119 e. The van der Waals surface area contributed by atoms with Crippen molar-refractivity contribution in [1.29, 1.82) is 0 Å². The molecule has 0 saturated heterocycles. The van der Waals surface area contributed by atoms with Crippen molar-refractivity contribution >= 4 is 17.1 Å². The van der Waals surface area contributed by atoms with E-state index in [1.807, 2.05) is 12.1 Å². The second-order valence-corrected chi connectivity index (χ2v) is 7.68. The summed E-state index contributed by atoms with van der Waals surface area (Å²) >= 11 is 0. The van der Waals surface area contributed by atoms with Crippen molar-refractivity contribution < 1.29 is 4.74 Å². The highest BCUT2D eigenvalue weighted by atomic mass is 16.5. The third-order valence-electron chi connectivity index (χ3n) is 5.27. The van der Waals surface area contributed by atoms with E-state index in [0.29, 0.717) is 6.61 Å². The van der Waals surface area contributed by atoms with E-state index >= 15 is 0 Å². The highest BCUT2D eigenvalue weighted by Crippen LogP contribution is 2.36. The first-order valence-corrected chi connectivity index (χ1v) is 10.5. The molecule has 0 fully saturated rings. The first-order chi connectivity index (χ1) is 15.1. The zero-order valence-electron chi connectivity index (χ0n) is 18.1. The Labute approximate surface area is 185 Å². The zero-order chi connectivity index (χ0) is 21.6. The molecule has 4 rings (SSSR count). The fraction of sp³-hybridized carbons (Fsp3) is 0.103. The highest BCUT2D eigenvalue weighted by molar-refractivity contribution is 5.78. The maximum atomic E-state index is 5.59. The summed E-state index contributed by atoms with van der Waals surface area (Å²) in [6.07, 6.45) is 1.75. The van der Waals surface area contributed by atoms with Gasteiger partial charge < -0.3 is 9.64 Å². The van der Waals surface area contributed by atoms with Crippen LogP contribution in [0.25, 0.3) is 11.1 Å². The summed E-state index contributed by atoms with van der Waals surface area (Å²) < 4.78 is 5.59. The summed E-state index contributed by atoms with van der Waals surface area (Å²) in [7, 11) is 0. The molecule has 2 heteroatoms. The fourth-order valence-electron chi connectivity index (χ4n) is 3.54. The van der Waals surface area contributed by atoms with Crippen LogP contribution in [-0.4, -0.2) is 6.61 Å². The van der Waals surface area contributed by atoms with Gasteiger partial charge in [0, 0.05) is 17.1 Å². The Kier molecular flexibility index (Phi) is 6.18. The maximum absolute atomic E-state index is 5.59. The van der Waals surface area contributed by atoms with Gasteiger partial charge in [0.15, 0.2) is 0 Å². The van der Waals surface area contributed by atoms with Crippen molar-refractivity contribution in [1.82, 2.24) is 0 Å². The summed E-state index contributed by atoms with van der Waals surface area (Å²) in [4.78, 5) is 2.29. The molecule has 4 aromatic rings. The van der Waals surface area contributed by atoms with Crippen LogP contribution in [0.5, 0.6) is 5.75 Å². The molecule has 4 aromatic carbocycles. The lowest BCUT2D eigenvalue weighted by molar-refractivity contribution is 0.363. The van der Waals surface area contributed by atoms with E-state index in [-0.39, 0.29) is 0 Å². The molecule has 0 radical (unpaired) electrons. The standard InChI is InChI=1S/C29H27NO/c1-4-21-31-29-19-11-25(12-20-29)24-9-17-28(18-10-24)30(26-13-5-22(2)6-14-26)27-15-7-23(3)8-16-27/h4-20H,1,21H2,2-3H3. The number of aryl methyl sites for hydroxylation is 2. The van der Waals surface area contributed by atoms with Gasteiger partial charge in [-0.1, -0.05) is 72.3 Å². The van der Waals surface area contributed by atoms with Crippen LogP contribution in [0.4, 0.5) is 17.1 Å². The largest absolute Gasteiger partial charge is 0.490 e. The van der Waals surface area contributed by atoms with Gasteiger partial charge in [-0.3, -0.25) is 0 Å². The molecule has 0 heterocycles. The van der Waals surface area contributed by atoms with Gasteiger partial charge in [0.2, 0.25) is 0 Å². The van der Waals surface area contributed by atoms with E-state index in [1.54, 1.807) is 6.08 Å². The number of ether oxygens (including phenoxy) is 1. The van der Waals surface area contributed by atoms with E-state index in [4.69, 9.17) is 4.74 Å². The molecule has 0 aliphatic rings. The van der Waals surface area contributed by atoms with Gasteiger partial charge in [-0.25, -0.2) is 0 Å². The number of hydrogen-bond acceptors (Lipinski definition) is 2. The lowest BCUT2D eigenvalue weighted by Crippen LogP contribution is -2.09. The molecular formula is C29H27NO. The molecule has 154 valence electrons. The number of benzene rings is 4. The van der Waals surface area contributed by atoms with Gasteiger partial charge in [-0.05, 0) is 73.5 Å². The molecule has 31 heavy (non-hydrogen) atoms. The normalized spacial score (nSPS) is 10.5. The second-order valence-electron chi connectivity index (χ2n) is 7.68. The van der Waals surface area contributed by atoms with E-state index in [0.717, 1.165) is 28.4 Å². The first kappa shape index (κ1) is 20.5. The monoisotopic (exact) mass is 405 g/mol. The van der Waals surface area contributed by atoms with E-state index in [9.17, 15) is 0 Å². The van der Waals surface area contributed by atoms with E-state index in [2.05, 4.69) is 110 Å². The number of hydrogen-bond donors (Lipinski definition) is 0. The SMILES string of the molecule is C=CCOc1ccc(-c2ccc(N(c3ccc(C)cc3)c3ccc(C)cc3)cc2)cc1. The molecule has 2 nitrogen and oxygen atoms in total. The Balaban J connectivity index is 1.65. The summed E-state index contributed by atoms with van der Waals surface area (Å²) in [5.74, 6) is 0.852. The van der Waals surface area contributed by atoms with Crippen LogP contribution >= 0.6 is 0 Å². The summed E-state index contributed by atoms with van der Waals surface area (Å²) in [5.41, 5.74) is 8.26. The van der Waals surface area contributed by atoms with Crippen molar-refractivity contribution in [2.75, 3.05) is 11.5 Å². The minimum absolute atomic E-state index is 0.516.